The van der Waals surface area contributed by atoms with Gasteiger partial charge in [-0.2, -0.15) is 0 Å². The van der Waals surface area contributed by atoms with E-state index < -0.39 is 21.1 Å². The Bertz CT molecular complexity index is 1420. The van der Waals surface area contributed by atoms with Crippen molar-refractivity contribution < 1.29 is 18.0 Å². The van der Waals surface area contributed by atoms with E-state index in [2.05, 4.69) is 9.97 Å². The standard InChI is InChI=1S/C15H8ClN3O6S/c16-8-2-4-11(13-12(8)14(20)19(22)15(21)18-13)26(23,24)7-1-3-9-10(5-7)25-6-17-9/h1-6,22H,(H,18,21). The molecule has 0 unspecified atom stereocenters. The Balaban J connectivity index is 2.09. The summed E-state index contributed by atoms with van der Waals surface area (Å²) in [6.07, 6.45) is 1.18. The van der Waals surface area contributed by atoms with Crippen LogP contribution in [0.4, 0.5) is 0 Å². The fourth-order valence-corrected chi connectivity index (χ4v) is 4.27. The van der Waals surface area contributed by atoms with Crippen LogP contribution in [0, 0.1) is 0 Å². The van der Waals surface area contributed by atoms with Gasteiger partial charge in [0.15, 0.2) is 12.0 Å². The van der Waals surface area contributed by atoms with Crippen molar-refractivity contribution in [3.05, 3.63) is 62.6 Å². The number of H-pyrrole nitrogens is 1. The number of sulfone groups is 1. The van der Waals surface area contributed by atoms with Gasteiger partial charge in [-0.1, -0.05) is 16.3 Å². The maximum Gasteiger partial charge on any atom is 0.362 e. The minimum atomic E-state index is -4.14. The van der Waals surface area contributed by atoms with Crippen LogP contribution in [0.25, 0.3) is 22.0 Å². The van der Waals surface area contributed by atoms with Crippen LogP contribution in [0.2, 0.25) is 5.02 Å². The van der Waals surface area contributed by atoms with Crippen molar-refractivity contribution in [1.82, 2.24) is 14.7 Å². The monoisotopic (exact) mass is 393 g/mol. The van der Waals surface area contributed by atoms with Crippen LogP contribution in [0.1, 0.15) is 0 Å². The van der Waals surface area contributed by atoms with Gasteiger partial charge < -0.3 is 14.6 Å². The average molecular weight is 394 g/mol. The van der Waals surface area contributed by atoms with Crippen molar-refractivity contribution >= 4 is 43.4 Å². The Morgan fingerprint density at radius 2 is 1.96 bits per heavy atom. The van der Waals surface area contributed by atoms with Crippen molar-refractivity contribution in [2.45, 2.75) is 9.79 Å². The van der Waals surface area contributed by atoms with Crippen LogP contribution >= 0.6 is 11.6 Å². The first-order valence-electron chi connectivity index (χ1n) is 7.06. The number of nitrogens with one attached hydrogen (secondary N) is 1. The lowest BCUT2D eigenvalue weighted by molar-refractivity contribution is 0.162. The average Bonchev–Trinajstić information content (AvgIpc) is 3.07. The summed E-state index contributed by atoms with van der Waals surface area (Å²) in [5.41, 5.74) is -1.88. The van der Waals surface area contributed by atoms with E-state index in [1.165, 1.54) is 36.7 Å². The first-order valence-corrected chi connectivity index (χ1v) is 8.92. The van der Waals surface area contributed by atoms with Gasteiger partial charge in [-0.3, -0.25) is 4.79 Å². The molecule has 11 heteroatoms. The number of halogens is 1. The summed E-state index contributed by atoms with van der Waals surface area (Å²) in [4.78, 5) is 29.5. The molecule has 0 aliphatic rings. The maximum atomic E-state index is 13.0. The number of benzene rings is 2. The quantitative estimate of drug-likeness (QED) is 0.493. The third-order valence-corrected chi connectivity index (χ3v) is 5.96. The third kappa shape index (κ3) is 2.23. The molecule has 2 N–H and O–H groups in total. The lowest BCUT2D eigenvalue weighted by Gasteiger charge is -2.09. The van der Waals surface area contributed by atoms with Crippen molar-refractivity contribution in [1.29, 1.82) is 0 Å². The maximum absolute atomic E-state index is 13.0. The number of aromatic nitrogens is 3. The number of rotatable bonds is 2. The van der Waals surface area contributed by atoms with E-state index in [4.69, 9.17) is 16.0 Å². The number of nitrogens with zero attached hydrogens (tertiary/aromatic N) is 2. The Hall–Kier alpha value is -3.11. The van der Waals surface area contributed by atoms with Crippen LogP contribution in [0.5, 0.6) is 0 Å². The summed E-state index contributed by atoms with van der Waals surface area (Å²) < 4.78 is 31.0. The molecule has 4 rings (SSSR count). The number of hydrogen-bond donors (Lipinski definition) is 2. The molecule has 2 aromatic heterocycles. The molecule has 0 saturated heterocycles. The molecule has 0 atom stereocenters. The van der Waals surface area contributed by atoms with Gasteiger partial charge in [0.1, 0.15) is 5.52 Å². The van der Waals surface area contributed by atoms with Gasteiger partial charge in [-0.05, 0) is 24.3 Å². The zero-order chi connectivity index (χ0) is 18.6. The van der Waals surface area contributed by atoms with Gasteiger partial charge in [0.25, 0.3) is 5.56 Å². The number of fused-ring (bicyclic) bond motifs is 2. The Morgan fingerprint density at radius 1 is 1.19 bits per heavy atom. The summed E-state index contributed by atoms with van der Waals surface area (Å²) in [7, 11) is -4.14. The van der Waals surface area contributed by atoms with Crippen LogP contribution < -0.4 is 11.2 Å². The molecule has 0 spiro atoms. The molecule has 0 bridgehead atoms. The van der Waals surface area contributed by atoms with E-state index in [0.29, 0.717) is 5.52 Å². The van der Waals surface area contributed by atoms with E-state index in [-0.39, 0.29) is 36.0 Å². The van der Waals surface area contributed by atoms with Crippen molar-refractivity contribution in [3.63, 3.8) is 0 Å². The molecule has 0 fully saturated rings. The normalized spacial score (nSPS) is 12.0. The molecule has 9 nitrogen and oxygen atoms in total. The van der Waals surface area contributed by atoms with E-state index in [1.807, 2.05) is 0 Å². The van der Waals surface area contributed by atoms with E-state index >= 15 is 0 Å². The minimum Gasteiger partial charge on any atom is -0.443 e. The lowest BCUT2D eigenvalue weighted by atomic mass is 10.2. The molecule has 26 heavy (non-hydrogen) atoms. The molecular weight excluding hydrogens is 386 g/mol. The second-order valence-electron chi connectivity index (χ2n) is 5.33. The van der Waals surface area contributed by atoms with Crippen LogP contribution in [0.3, 0.4) is 0 Å². The third-order valence-electron chi connectivity index (χ3n) is 3.85. The first kappa shape index (κ1) is 16.4. The van der Waals surface area contributed by atoms with E-state index in [1.54, 1.807) is 0 Å². The first-order chi connectivity index (χ1) is 12.3. The van der Waals surface area contributed by atoms with Gasteiger partial charge in [0, 0.05) is 6.07 Å². The molecule has 2 aromatic carbocycles. The second-order valence-corrected chi connectivity index (χ2v) is 7.65. The zero-order valence-corrected chi connectivity index (χ0v) is 14.2. The Labute approximate surface area is 149 Å². The highest BCUT2D eigenvalue weighted by Crippen LogP contribution is 2.30. The molecule has 0 amide bonds. The summed E-state index contributed by atoms with van der Waals surface area (Å²) >= 11 is 5.95. The van der Waals surface area contributed by atoms with Gasteiger partial charge in [0.05, 0.1) is 25.7 Å². The predicted molar refractivity (Wildman–Crippen MR) is 90.5 cm³/mol. The molecule has 0 aliphatic carbocycles. The van der Waals surface area contributed by atoms with Crippen LogP contribution in [-0.4, -0.2) is 28.3 Å². The van der Waals surface area contributed by atoms with E-state index in [0.717, 1.165) is 0 Å². The van der Waals surface area contributed by atoms with Gasteiger partial charge in [-0.15, -0.1) is 0 Å². The Morgan fingerprint density at radius 3 is 2.73 bits per heavy atom. The fourth-order valence-electron chi connectivity index (χ4n) is 2.60. The van der Waals surface area contributed by atoms with E-state index in [9.17, 15) is 23.2 Å². The highest BCUT2D eigenvalue weighted by atomic mass is 35.5. The highest BCUT2D eigenvalue weighted by molar-refractivity contribution is 7.91. The molecule has 0 saturated carbocycles. The summed E-state index contributed by atoms with van der Waals surface area (Å²) in [6, 6.07) is 6.44. The van der Waals surface area contributed by atoms with Crippen LogP contribution in [-0.2, 0) is 9.84 Å². The molecule has 132 valence electrons. The smallest absolute Gasteiger partial charge is 0.362 e. The van der Waals surface area contributed by atoms with Crippen molar-refractivity contribution in [2.75, 3.05) is 0 Å². The fraction of sp³-hybridized carbons (Fsp3) is 0. The summed E-state index contributed by atoms with van der Waals surface area (Å²) in [6.45, 7) is 0. The number of oxazole rings is 1. The summed E-state index contributed by atoms with van der Waals surface area (Å²) in [5, 5.41) is 9.03. The van der Waals surface area contributed by atoms with Crippen molar-refractivity contribution in [3.8, 4) is 0 Å². The lowest BCUT2D eigenvalue weighted by Crippen LogP contribution is -2.33. The second kappa shape index (κ2) is 5.44. The molecular formula is C15H8ClN3O6S. The minimum absolute atomic E-state index is 0.117. The zero-order valence-electron chi connectivity index (χ0n) is 12.6. The summed E-state index contributed by atoms with van der Waals surface area (Å²) in [5.74, 6) is 0. The number of hydrogen-bond acceptors (Lipinski definition) is 7. The molecule has 4 aromatic rings. The predicted octanol–water partition coefficient (Wildman–Crippen LogP) is 1.55. The number of aromatic amines is 1. The van der Waals surface area contributed by atoms with Gasteiger partial charge in [0.2, 0.25) is 9.84 Å². The van der Waals surface area contributed by atoms with Crippen molar-refractivity contribution in [2.24, 2.45) is 0 Å². The van der Waals surface area contributed by atoms with Gasteiger partial charge >= 0.3 is 5.69 Å². The van der Waals surface area contributed by atoms with Gasteiger partial charge in [-0.25, -0.2) is 18.2 Å². The topological polar surface area (TPSA) is 135 Å². The largest absolute Gasteiger partial charge is 0.443 e. The molecule has 0 aliphatic heterocycles. The van der Waals surface area contributed by atoms with Crippen LogP contribution in [0.15, 0.2) is 60.5 Å². The molecule has 0 radical (unpaired) electrons. The molecule has 2 heterocycles. The highest BCUT2D eigenvalue weighted by Gasteiger charge is 2.25. The Kier molecular flexibility index (Phi) is 3.43. The SMILES string of the molecule is O=c1[nH]c2c(S(=O)(=O)c3ccc4ncoc4c3)ccc(Cl)c2c(=O)n1O.